The van der Waals surface area contributed by atoms with E-state index in [9.17, 15) is 0 Å². The van der Waals surface area contributed by atoms with Crippen LogP contribution in [0.3, 0.4) is 0 Å². The van der Waals surface area contributed by atoms with Crippen molar-refractivity contribution in [3.8, 4) is 0 Å². The van der Waals surface area contributed by atoms with Gasteiger partial charge in [0.1, 0.15) is 0 Å². The minimum absolute atomic E-state index is 0. The van der Waals surface area contributed by atoms with Gasteiger partial charge in [-0.25, -0.2) is 0 Å². The summed E-state index contributed by atoms with van der Waals surface area (Å²) < 4.78 is 0.111. The molecule has 0 aliphatic rings. The molecule has 0 N–H and O–H groups in total. The zero-order valence-electron chi connectivity index (χ0n) is 3.79. The molecule has 0 aliphatic heterocycles. The summed E-state index contributed by atoms with van der Waals surface area (Å²) in [6, 6.07) is 0. The smallest absolute Gasteiger partial charge is 0.0992 e. The van der Waals surface area contributed by atoms with E-state index in [1.54, 1.807) is 0 Å². The van der Waals surface area contributed by atoms with Crippen LogP contribution in [0.15, 0.2) is 24.2 Å². The summed E-state index contributed by atoms with van der Waals surface area (Å²) in [6.07, 6.45) is 0. The van der Waals surface area contributed by atoms with Gasteiger partial charge >= 0.3 is 0 Å². The maximum atomic E-state index is 4.85. The van der Waals surface area contributed by atoms with Gasteiger partial charge < -0.3 is 0 Å². The van der Waals surface area contributed by atoms with Crippen LogP contribution in [-0.2, 0) is 0 Å². The minimum Gasteiger partial charge on any atom is -0.147 e. The van der Waals surface area contributed by atoms with Crippen molar-refractivity contribution >= 4 is 35.6 Å². The lowest BCUT2D eigenvalue weighted by atomic mass is 11.3. The second-order valence-corrected chi connectivity index (χ2v) is 1.44. The first-order valence-corrected chi connectivity index (χ1v) is 1.99. The lowest BCUT2D eigenvalue weighted by Gasteiger charge is -1.57. The van der Waals surface area contributed by atoms with Crippen molar-refractivity contribution in [2.75, 3.05) is 0 Å². The Bertz CT molecular complexity index is 38.2. The fourth-order valence-corrected chi connectivity index (χ4v) is 0. The summed E-state index contributed by atoms with van der Waals surface area (Å²) in [4.78, 5) is 0. The van der Waals surface area contributed by atoms with Crippen molar-refractivity contribution in [2.45, 2.75) is 0 Å². The van der Waals surface area contributed by atoms with Crippen LogP contribution in [0.4, 0.5) is 0 Å². The Morgan fingerprint density at radius 3 is 1.14 bits per heavy atom. The topological polar surface area (TPSA) is 0 Å². The lowest BCUT2D eigenvalue weighted by Crippen LogP contribution is -1.24. The van der Waals surface area contributed by atoms with Gasteiger partial charge in [-0.05, 0) is 0 Å². The first-order chi connectivity index (χ1) is 2.73. The largest absolute Gasteiger partial charge is 0.147 e. The van der Waals surface area contributed by atoms with Crippen LogP contribution in [0.2, 0.25) is 0 Å². The van der Waals surface area contributed by atoms with Gasteiger partial charge in [0.15, 0.2) is 0 Å². The molecule has 44 valence electrons. The highest BCUT2D eigenvalue weighted by molar-refractivity contribution is 6.55. The highest BCUT2D eigenvalue weighted by Gasteiger charge is 1.60. The molecule has 0 atom stereocenters. The molecule has 0 spiro atoms. The van der Waals surface area contributed by atoms with Crippen molar-refractivity contribution in [1.29, 1.82) is 0 Å². The van der Waals surface area contributed by atoms with Crippen molar-refractivity contribution in [1.82, 2.24) is 0 Å². The summed E-state index contributed by atoms with van der Waals surface area (Å²) in [6.45, 7) is 9.09. The molecule has 0 fully saturated rings. The normalized spacial score (nSPS) is 4.29. The van der Waals surface area contributed by atoms with Crippen LogP contribution in [-0.4, -0.2) is 0 Å². The van der Waals surface area contributed by atoms with Crippen molar-refractivity contribution in [2.24, 2.45) is 0 Å². The summed E-state index contributed by atoms with van der Waals surface area (Å²) in [5, 5.41) is 0. The van der Waals surface area contributed by atoms with Crippen molar-refractivity contribution < 1.29 is 0 Å². The van der Waals surface area contributed by atoms with Crippen LogP contribution in [0, 0.1) is 0 Å². The summed E-state index contributed by atoms with van der Waals surface area (Å²) in [5.41, 5.74) is 0. The van der Waals surface area contributed by atoms with E-state index >= 15 is 0 Å². The molecule has 0 aliphatic carbocycles. The molecule has 0 bridgehead atoms. The third kappa shape index (κ3) is 981. The maximum Gasteiger partial charge on any atom is 0.0992 e. The molecule has 0 aromatic heterocycles. The number of halogens is 3. The summed E-state index contributed by atoms with van der Waals surface area (Å²) in [5.74, 6) is 0. The fourth-order valence-electron chi connectivity index (χ4n) is 0. The van der Waals surface area contributed by atoms with E-state index < -0.39 is 0 Å². The van der Waals surface area contributed by atoms with E-state index in [0.29, 0.717) is 0 Å². The monoisotopic (exact) mass is 160 g/mol. The number of hydrogen-bond donors (Lipinski definition) is 0. The predicted molar refractivity (Wildman–Crippen MR) is 39.3 cm³/mol. The van der Waals surface area contributed by atoms with Gasteiger partial charge in [0, 0.05) is 0 Å². The lowest BCUT2D eigenvalue weighted by molar-refractivity contribution is 2.45. The highest BCUT2D eigenvalue weighted by atomic mass is 35.5. The summed E-state index contributed by atoms with van der Waals surface area (Å²) in [7, 11) is 0. The van der Waals surface area contributed by atoms with Crippen LogP contribution >= 0.6 is 35.6 Å². The molecule has 0 amide bonds. The van der Waals surface area contributed by atoms with E-state index in [1.165, 1.54) is 0 Å². The number of rotatable bonds is 0. The Labute approximate surface area is 60.2 Å². The maximum absolute atomic E-state index is 4.85. The molecular weight excluding hydrogens is 154 g/mol. The van der Waals surface area contributed by atoms with Gasteiger partial charge in [-0.15, -0.1) is 25.6 Å². The van der Waals surface area contributed by atoms with E-state index in [4.69, 9.17) is 23.2 Å². The standard InChI is InChI=1S/C2H2Cl2.C2H4.ClH/c1-2(3)4;1-2;/h1H2;1-2H2;1H. The summed E-state index contributed by atoms with van der Waals surface area (Å²) >= 11 is 9.69. The SMILES string of the molecule is C=C.C=C(Cl)Cl.Cl. The predicted octanol–water partition coefficient (Wildman–Crippen LogP) is 3.16. The van der Waals surface area contributed by atoms with Gasteiger partial charge in [-0.2, -0.15) is 0 Å². The molecule has 0 aromatic carbocycles. The average molecular weight is 161 g/mol. The zero-order valence-corrected chi connectivity index (χ0v) is 6.11. The third-order valence-electron chi connectivity index (χ3n) is 0. The molecule has 0 unspecified atom stereocenters. The molecule has 3 heteroatoms. The molecular formula is C4H7Cl3. The van der Waals surface area contributed by atoms with Gasteiger partial charge in [-0.1, -0.05) is 29.8 Å². The van der Waals surface area contributed by atoms with E-state index in [-0.39, 0.29) is 16.9 Å². The van der Waals surface area contributed by atoms with E-state index in [0.717, 1.165) is 0 Å². The van der Waals surface area contributed by atoms with Crippen LogP contribution in [0.25, 0.3) is 0 Å². The molecule has 0 aromatic rings. The van der Waals surface area contributed by atoms with Gasteiger partial charge in [0.2, 0.25) is 0 Å². The Morgan fingerprint density at radius 1 is 1.14 bits per heavy atom. The van der Waals surface area contributed by atoms with Crippen LogP contribution in [0.5, 0.6) is 0 Å². The molecule has 0 saturated carbocycles. The molecule has 0 rings (SSSR count). The molecule has 0 radical (unpaired) electrons. The molecule has 7 heavy (non-hydrogen) atoms. The Morgan fingerprint density at radius 2 is 1.14 bits per heavy atom. The second-order valence-electron chi connectivity index (χ2n) is 0.339. The van der Waals surface area contributed by atoms with Gasteiger partial charge in [0.25, 0.3) is 0 Å². The Kier molecular flexibility index (Phi) is 36.2. The van der Waals surface area contributed by atoms with E-state index in [2.05, 4.69) is 19.7 Å². The minimum atomic E-state index is 0. The molecule has 0 nitrogen and oxygen atoms in total. The second kappa shape index (κ2) is 16.2. The van der Waals surface area contributed by atoms with Crippen molar-refractivity contribution in [3.05, 3.63) is 24.2 Å². The van der Waals surface area contributed by atoms with Gasteiger partial charge in [-0.3, -0.25) is 0 Å². The zero-order chi connectivity index (χ0) is 5.58. The van der Waals surface area contributed by atoms with Gasteiger partial charge in [0.05, 0.1) is 4.49 Å². The quantitative estimate of drug-likeness (QED) is 0.479. The highest BCUT2D eigenvalue weighted by Crippen LogP contribution is 1.98. The Balaban J connectivity index is -0.0000000480. The third-order valence-corrected chi connectivity index (χ3v) is 0. The fraction of sp³-hybridized carbons (Fsp3) is 0. The van der Waals surface area contributed by atoms with E-state index in [1.807, 2.05) is 0 Å². The average Bonchev–Trinajstić information content (AvgIpc) is 1.41. The number of hydrogen-bond acceptors (Lipinski definition) is 0. The van der Waals surface area contributed by atoms with Crippen LogP contribution < -0.4 is 0 Å². The first-order valence-electron chi connectivity index (χ1n) is 1.23. The Hall–Kier alpha value is 0.350. The van der Waals surface area contributed by atoms with Crippen molar-refractivity contribution in [3.63, 3.8) is 0 Å². The first kappa shape index (κ1) is 15.7. The molecule has 0 saturated heterocycles. The molecule has 0 heterocycles. The van der Waals surface area contributed by atoms with Crippen LogP contribution in [0.1, 0.15) is 0 Å².